The van der Waals surface area contributed by atoms with Gasteiger partial charge in [-0.3, -0.25) is 19.2 Å². The van der Waals surface area contributed by atoms with Crippen LogP contribution in [0, 0.1) is 0 Å². The molecular formula is C58H67F12N9O9P2. The number of aromatic nitrogens is 6. The monoisotopic (exact) mass is 1320 g/mol. The van der Waals surface area contributed by atoms with Crippen LogP contribution in [0.5, 0.6) is 11.5 Å². The molecule has 4 heterocycles. The number of quaternary nitrogens is 1. The molecule has 2 aliphatic heterocycles. The second-order valence-corrected chi connectivity index (χ2v) is 25.1. The van der Waals surface area contributed by atoms with Crippen molar-refractivity contribution in [3.8, 4) is 11.5 Å². The number of benzene rings is 5. The van der Waals surface area contributed by atoms with Crippen molar-refractivity contribution < 1.29 is 103 Å². The van der Waals surface area contributed by atoms with Crippen LogP contribution in [-0.2, 0) is 67.2 Å². The SMILES string of the molecule is COC(=O)c1cc(OCc2c[n+](CCCCCCCCCCn3cc(COc4ccc(C[NH2+]Cc5ccc(CN6C(=O)c7cccc8c(N9CCOCC9)ccc(c78)C6=O)cc5)cc4)nn3)nn2C)cc(C(=O)OC)c1.F[P-](F)(F)(F)(F)F.F[P-](F)(F)(F)(F)F. The Morgan fingerprint density at radius 1 is 0.633 bits per heavy atom. The zero-order valence-corrected chi connectivity index (χ0v) is 50.9. The summed E-state index contributed by atoms with van der Waals surface area (Å²) in [5, 5.41) is 17.1. The van der Waals surface area contributed by atoms with Crippen LogP contribution < -0.4 is 24.4 Å². The van der Waals surface area contributed by atoms with Crippen molar-refractivity contribution in [3.63, 3.8) is 0 Å². The van der Waals surface area contributed by atoms with Gasteiger partial charge in [0, 0.05) is 58.3 Å². The molecule has 7 aromatic rings. The van der Waals surface area contributed by atoms with E-state index in [0.29, 0.717) is 36.7 Å². The number of nitrogens with zero attached hydrogens (tertiary/aromatic N) is 8. The molecule has 0 aliphatic carbocycles. The molecule has 32 heteroatoms. The first-order valence-corrected chi connectivity index (χ1v) is 32.3. The number of imide groups is 1. The topological polar surface area (TPSA) is 190 Å². The van der Waals surface area contributed by atoms with Gasteiger partial charge in [-0.15, -0.1) is 14.5 Å². The number of aryl methyl sites for hydroxylation is 3. The van der Waals surface area contributed by atoms with Crippen LogP contribution in [0.4, 0.5) is 56.1 Å². The first kappa shape index (κ1) is 69.5. The normalized spacial score (nSPS) is 14.9. The minimum absolute atomic E-state index is 0.200. The van der Waals surface area contributed by atoms with Gasteiger partial charge in [0.05, 0.1) is 56.5 Å². The third kappa shape index (κ3) is 23.8. The van der Waals surface area contributed by atoms with Gasteiger partial charge < -0.3 is 33.9 Å². The number of halogens is 12. The van der Waals surface area contributed by atoms with E-state index in [2.05, 4.69) is 50.0 Å². The molecule has 0 spiro atoms. The molecule has 2 aromatic heterocycles. The second kappa shape index (κ2) is 27.7. The van der Waals surface area contributed by atoms with Crippen LogP contribution in [0.15, 0.2) is 109 Å². The number of hydrogen-bond acceptors (Lipinski definition) is 13. The molecule has 18 nitrogen and oxygen atoms in total. The van der Waals surface area contributed by atoms with Gasteiger partial charge in [-0.05, 0) is 85.5 Å². The molecule has 2 N–H and O–H groups in total. The van der Waals surface area contributed by atoms with Crippen molar-refractivity contribution >= 4 is 55.8 Å². The molecule has 492 valence electrons. The number of methoxy groups -OCH3 is 2. The number of unbranched alkanes of at least 4 members (excludes halogenated alkanes) is 7. The van der Waals surface area contributed by atoms with Gasteiger partial charge in [0.25, 0.3) is 11.8 Å². The van der Waals surface area contributed by atoms with Crippen molar-refractivity contribution in [2.45, 2.75) is 97.3 Å². The van der Waals surface area contributed by atoms with E-state index in [9.17, 15) is 69.5 Å². The summed E-state index contributed by atoms with van der Waals surface area (Å²) in [7, 11) is -16.9. The predicted octanol–water partition coefficient (Wildman–Crippen LogP) is 13.7. The Kier molecular flexibility index (Phi) is 21.4. The van der Waals surface area contributed by atoms with Gasteiger partial charge in [-0.2, -0.15) is 0 Å². The number of amides is 2. The first-order valence-electron chi connectivity index (χ1n) is 28.3. The minimum atomic E-state index is -10.7. The van der Waals surface area contributed by atoms with Crippen LogP contribution in [0.2, 0.25) is 0 Å². The summed E-state index contributed by atoms with van der Waals surface area (Å²) in [5.74, 6) is -0.533. The Labute approximate surface area is 508 Å². The van der Waals surface area contributed by atoms with Crippen molar-refractivity contribution in [3.05, 3.63) is 160 Å². The van der Waals surface area contributed by atoms with Gasteiger partial charge in [-0.25, -0.2) is 9.59 Å². The molecule has 1 saturated heterocycles. The Bertz CT molecular complexity index is 3540. The maximum atomic E-state index is 13.8. The number of carbonyl (C=O) groups is 4. The van der Waals surface area contributed by atoms with Gasteiger partial charge in [0.1, 0.15) is 50.5 Å². The van der Waals surface area contributed by atoms with Gasteiger partial charge in [0.15, 0.2) is 12.8 Å². The molecule has 5 aromatic carbocycles. The molecule has 1 fully saturated rings. The van der Waals surface area contributed by atoms with Crippen LogP contribution in [0.3, 0.4) is 0 Å². The molecule has 90 heavy (non-hydrogen) atoms. The summed E-state index contributed by atoms with van der Waals surface area (Å²) in [6.45, 7) is 6.86. The fourth-order valence-electron chi connectivity index (χ4n) is 9.79. The standard InChI is InChI=1S/C58H66N9O9.2F6P/c1-63-47(40-76-49-32-44(57(70)72-2)31-45(33-49)58(71)73-3)38-66(62-63)26-11-9-7-5-4-6-8-10-25-65-37-46(60-61-65)39-75-48-21-19-42(20-22-48)35-59-34-41-15-17-43(18-16-41)36-67-55(68)51-14-12-13-50-53(64-27-29-74-30-28-64)24-23-52(54(50)51)56(67)69;2*1-7(2,3,4,5)6/h12-24,31-33,37-38,59H,4-11,25-30,34-36,39-40H2,1-3H3;;/q+1;2*-1/p+1. The number of ether oxygens (including phenoxy) is 5. The molecule has 0 bridgehead atoms. The van der Waals surface area contributed by atoms with Crippen LogP contribution in [0.25, 0.3) is 10.8 Å². The number of carbonyl (C=O) groups excluding carboxylic acids is 4. The maximum absolute atomic E-state index is 13.8. The Morgan fingerprint density at radius 2 is 1.16 bits per heavy atom. The molecule has 0 unspecified atom stereocenters. The van der Waals surface area contributed by atoms with Crippen LogP contribution in [-0.4, -0.2) is 94.1 Å². The summed E-state index contributed by atoms with van der Waals surface area (Å²) in [6, 6.07) is 30.4. The average Bonchev–Trinajstić information content (AvgIpc) is 1.15. The Morgan fingerprint density at radius 3 is 1.73 bits per heavy atom. The third-order valence-corrected chi connectivity index (χ3v) is 14.0. The summed E-state index contributed by atoms with van der Waals surface area (Å²) in [5.41, 5.74) is 7.46. The van der Waals surface area contributed by atoms with Crippen molar-refractivity contribution in [1.82, 2.24) is 29.8 Å². The van der Waals surface area contributed by atoms with Gasteiger partial charge in [-0.1, -0.05) is 73.7 Å². The summed E-state index contributed by atoms with van der Waals surface area (Å²) < 4.78 is 151. The Hall–Kier alpha value is -7.94. The predicted molar refractivity (Wildman–Crippen MR) is 309 cm³/mol. The number of hydrogen-bond donors (Lipinski definition) is 1. The molecule has 0 saturated carbocycles. The average molecular weight is 1320 g/mol. The number of anilines is 1. The fraction of sp³-hybridized carbons (Fsp3) is 0.379. The number of nitrogens with two attached hydrogens (primary N) is 1. The van der Waals surface area contributed by atoms with Crippen LogP contribution in [0.1, 0.15) is 121 Å². The molecule has 0 radical (unpaired) electrons. The van der Waals surface area contributed by atoms with Gasteiger partial charge >= 0.3 is 77.9 Å². The molecular weight excluding hydrogens is 1260 g/mol. The van der Waals surface area contributed by atoms with E-state index < -0.39 is 27.6 Å². The van der Waals surface area contributed by atoms with Crippen LogP contribution >= 0.6 is 15.6 Å². The third-order valence-electron chi connectivity index (χ3n) is 14.0. The van der Waals surface area contributed by atoms with E-state index in [-0.39, 0.29) is 36.1 Å². The van der Waals surface area contributed by atoms with Crippen molar-refractivity contribution in [1.29, 1.82) is 0 Å². The summed E-state index contributed by atoms with van der Waals surface area (Å²) in [4.78, 5) is 55.4. The summed E-state index contributed by atoms with van der Waals surface area (Å²) in [6.07, 6.45) is 13.0. The Balaban J connectivity index is 0.000000737. The van der Waals surface area contributed by atoms with Crippen molar-refractivity contribution in [2.75, 3.05) is 45.4 Å². The number of morpholine rings is 1. The fourth-order valence-corrected chi connectivity index (χ4v) is 9.79. The zero-order valence-electron chi connectivity index (χ0n) is 49.1. The number of esters is 2. The summed E-state index contributed by atoms with van der Waals surface area (Å²) >= 11 is 0. The van der Waals surface area contributed by atoms with E-state index in [1.807, 2.05) is 83.4 Å². The first-order chi connectivity index (χ1) is 42.0. The van der Waals surface area contributed by atoms with Gasteiger partial charge in [0.2, 0.25) is 5.69 Å². The van der Waals surface area contributed by atoms with E-state index >= 15 is 0 Å². The van der Waals surface area contributed by atoms with E-state index in [0.717, 1.165) is 110 Å². The molecule has 2 aliphatic rings. The van der Waals surface area contributed by atoms with E-state index in [4.69, 9.17) is 23.7 Å². The quantitative estimate of drug-likeness (QED) is 0.0135. The molecule has 2 amide bonds. The van der Waals surface area contributed by atoms with E-state index in [1.54, 1.807) is 4.68 Å². The number of rotatable bonds is 26. The van der Waals surface area contributed by atoms with E-state index in [1.165, 1.54) is 68.6 Å². The second-order valence-electron chi connectivity index (χ2n) is 21.2. The zero-order chi connectivity index (χ0) is 65.6. The molecule has 9 rings (SSSR count). The van der Waals surface area contributed by atoms with Crippen molar-refractivity contribution in [2.24, 2.45) is 7.05 Å². The molecule has 0 atom stereocenters.